The van der Waals surface area contributed by atoms with Crippen LogP contribution in [0.15, 0.2) is 12.4 Å². The normalized spacial score (nSPS) is 20.3. The molecule has 6 heteroatoms. The number of likely N-dealkylation sites (N-methyl/N-ethyl adjacent to an activating group) is 1. The van der Waals surface area contributed by atoms with Gasteiger partial charge in [-0.15, -0.1) is 0 Å². The summed E-state index contributed by atoms with van der Waals surface area (Å²) in [4.78, 5) is 24.0. The van der Waals surface area contributed by atoms with Gasteiger partial charge in [-0.25, -0.2) is 4.98 Å². The highest BCUT2D eigenvalue weighted by Crippen LogP contribution is 2.22. The molecule has 2 rings (SSSR count). The molecular formula is C14H24N4O2. The van der Waals surface area contributed by atoms with Crippen molar-refractivity contribution in [1.29, 1.82) is 0 Å². The Kier molecular flexibility index (Phi) is 5.55. The van der Waals surface area contributed by atoms with E-state index in [0.717, 1.165) is 31.9 Å². The van der Waals surface area contributed by atoms with Crippen molar-refractivity contribution < 1.29 is 9.53 Å². The van der Waals surface area contributed by atoms with E-state index in [1.165, 1.54) is 0 Å². The molecule has 1 N–H and O–H groups in total. The van der Waals surface area contributed by atoms with Gasteiger partial charge in [-0.05, 0) is 13.0 Å². The molecule has 0 spiro atoms. The second-order valence-corrected chi connectivity index (χ2v) is 5.05. The predicted octanol–water partition coefficient (Wildman–Crippen LogP) is 1.04. The number of aromatic nitrogens is 2. The lowest BCUT2D eigenvalue weighted by molar-refractivity contribution is -0.134. The minimum Gasteiger partial charge on any atom is -0.385 e. The summed E-state index contributed by atoms with van der Waals surface area (Å²) in [5.74, 6) is 1.16. The van der Waals surface area contributed by atoms with Gasteiger partial charge in [0.2, 0.25) is 5.91 Å². The van der Waals surface area contributed by atoms with E-state index in [1.807, 2.05) is 11.1 Å². The zero-order chi connectivity index (χ0) is 14.4. The number of carbonyl (C=O) groups excluding carboxylic acids is 1. The van der Waals surface area contributed by atoms with Crippen LogP contribution in [0.1, 0.15) is 31.6 Å². The van der Waals surface area contributed by atoms with E-state index < -0.39 is 0 Å². The van der Waals surface area contributed by atoms with Crippen LogP contribution in [0.25, 0.3) is 0 Å². The van der Waals surface area contributed by atoms with Gasteiger partial charge in [0, 0.05) is 52.2 Å². The highest BCUT2D eigenvalue weighted by atomic mass is 16.5. The monoisotopic (exact) mass is 280 g/mol. The summed E-state index contributed by atoms with van der Waals surface area (Å²) in [6.45, 7) is 6.17. The first-order valence-electron chi connectivity index (χ1n) is 7.26. The quantitative estimate of drug-likeness (QED) is 0.791. The lowest BCUT2D eigenvalue weighted by atomic mass is 10.1. The highest BCUT2D eigenvalue weighted by molar-refractivity contribution is 5.76. The number of carbonyl (C=O) groups is 1. The molecule has 0 saturated carbocycles. The SMILES string of the molecule is CCN1CCN(C(=O)CCCOC)C[C@H]1c1ncc[nH]1. The van der Waals surface area contributed by atoms with Crippen LogP contribution >= 0.6 is 0 Å². The van der Waals surface area contributed by atoms with E-state index in [1.54, 1.807) is 13.3 Å². The van der Waals surface area contributed by atoms with Crippen LogP contribution in [-0.2, 0) is 9.53 Å². The number of rotatable bonds is 6. The average Bonchev–Trinajstić information content (AvgIpc) is 3.00. The Morgan fingerprint density at radius 1 is 1.55 bits per heavy atom. The number of methoxy groups -OCH3 is 1. The molecule has 6 nitrogen and oxygen atoms in total. The number of nitrogens with zero attached hydrogens (tertiary/aromatic N) is 3. The zero-order valence-corrected chi connectivity index (χ0v) is 12.3. The fourth-order valence-corrected chi connectivity index (χ4v) is 2.67. The van der Waals surface area contributed by atoms with Gasteiger partial charge in [0.15, 0.2) is 0 Å². The summed E-state index contributed by atoms with van der Waals surface area (Å²) < 4.78 is 5.00. The van der Waals surface area contributed by atoms with E-state index in [0.29, 0.717) is 19.6 Å². The van der Waals surface area contributed by atoms with Crippen LogP contribution < -0.4 is 0 Å². The topological polar surface area (TPSA) is 61.5 Å². The van der Waals surface area contributed by atoms with Crippen molar-refractivity contribution in [2.75, 3.05) is 39.9 Å². The molecule has 1 aliphatic rings. The van der Waals surface area contributed by atoms with Crippen molar-refractivity contribution >= 4 is 5.91 Å². The van der Waals surface area contributed by atoms with Crippen molar-refractivity contribution in [3.05, 3.63) is 18.2 Å². The summed E-state index contributed by atoms with van der Waals surface area (Å²) in [6, 6.07) is 0.176. The Labute approximate surface area is 120 Å². The van der Waals surface area contributed by atoms with Gasteiger partial charge < -0.3 is 14.6 Å². The van der Waals surface area contributed by atoms with E-state index in [2.05, 4.69) is 21.8 Å². The summed E-state index contributed by atoms with van der Waals surface area (Å²) in [7, 11) is 1.66. The third-order valence-corrected chi connectivity index (χ3v) is 3.82. The van der Waals surface area contributed by atoms with Crippen LogP contribution in [-0.4, -0.2) is 65.6 Å². The number of hydrogen-bond donors (Lipinski definition) is 1. The Hall–Kier alpha value is -1.40. The molecular weight excluding hydrogens is 256 g/mol. The molecule has 1 saturated heterocycles. The molecule has 1 fully saturated rings. The first kappa shape index (κ1) is 15.0. The molecule has 1 aliphatic heterocycles. The van der Waals surface area contributed by atoms with Gasteiger partial charge in [0.25, 0.3) is 0 Å². The Morgan fingerprint density at radius 3 is 3.05 bits per heavy atom. The Morgan fingerprint density at radius 2 is 2.40 bits per heavy atom. The van der Waals surface area contributed by atoms with Crippen molar-refractivity contribution in [2.24, 2.45) is 0 Å². The Balaban J connectivity index is 1.95. The summed E-state index contributed by atoms with van der Waals surface area (Å²) in [6.07, 6.45) is 4.95. The minimum atomic E-state index is 0.176. The van der Waals surface area contributed by atoms with Crippen molar-refractivity contribution in [3.8, 4) is 0 Å². The molecule has 1 atom stereocenters. The second kappa shape index (κ2) is 7.40. The number of nitrogens with one attached hydrogen (secondary N) is 1. The Bertz CT molecular complexity index is 407. The van der Waals surface area contributed by atoms with Crippen molar-refractivity contribution in [3.63, 3.8) is 0 Å². The van der Waals surface area contributed by atoms with E-state index in [4.69, 9.17) is 4.74 Å². The molecule has 0 aromatic carbocycles. The number of ether oxygens (including phenoxy) is 1. The molecule has 0 unspecified atom stereocenters. The van der Waals surface area contributed by atoms with Gasteiger partial charge in [-0.1, -0.05) is 6.92 Å². The number of hydrogen-bond acceptors (Lipinski definition) is 4. The fourth-order valence-electron chi connectivity index (χ4n) is 2.67. The highest BCUT2D eigenvalue weighted by Gasteiger charge is 2.30. The van der Waals surface area contributed by atoms with Gasteiger partial charge in [0.05, 0.1) is 6.04 Å². The lowest BCUT2D eigenvalue weighted by Crippen LogP contribution is -2.50. The number of amides is 1. The third-order valence-electron chi connectivity index (χ3n) is 3.82. The van der Waals surface area contributed by atoms with Crippen molar-refractivity contribution in [1.82, 2.24) is 19.8 Å². The molecule has 0 bridgehead atoms. The molecule has 1 aromatic heterocycles. The van der Waals surface area contributed by atoms with Gasteiger partial charge in [0.1, 0.15) is 5.82 Å². The predicted molar refractivity (Wildman–Crippen MR) is 76.3 cm³/mol. The lowest BCUT2D eigenvalue weighted by Gasteiger charge is -2.40. The second-order valence-electron chi connectivity index (χ2n) is 5.05. The zero-order valence-electron chi connectivity index (χ0n) is 12.3. The van der Waals surface area contributed by atoms with Crippen LogP contribution in [0, 0.1) is 0 Å². The van der Waals surface area contributed by atoms with E-state index in [-0.39, 0.29) is 11.9 Å². The molecule has 2 heterocycles. The largest absolute Gasteiger partial charge is 0.385 e. The van der Waals surface area contributed by atoms with Crippen molar-refractivity contribution in [2.45, 2.75) is 25.8 Å². The maximum Gasteiger partial charge on any atom is 0.222 e. The average molecular weight is 280 g/mol. The molecule has 20 heavy (non-hydrogen) atoms. The summed E-state index contributed by atoms with van der Waals surface area (Å²) in [5, 5.41) is 0. The molecule has 1 aromatic rings. The van der Waals surface area contributed by atoms with Crippen LogP contribution in [0.5, 0.6) is 0 Å². The van der Waals surface area contributed by atoms with E-state index >= 15 is 0 Å². The number of piperazine rings is 1. The molecule has 0 radical (unpaired) electrons. The molecule has 112 valence electrons. The van der Waals surface area contributed by atoms with Crippen LogP contribution in [0.4, 0.5) is 0 Å². The summed E-state index contributed by atoms with van der Waals surface area (Å²) >= 11 is 0. The van der Waals surface area contributed by atoms with Gasteiger partial charge in [-0.2, -0.15) is 0 Å². The van der Waals surface area contributed by atoms with Crippen LogP contribution in [0.3, 0.4) is 0 Å². The first-order valence-corrected chi connectivity index (χ1v) is 7.26. The maximum absolute atomic E-state index is 12.2. The smallest absolute Gasteiger partial charge is 0.222 e. The fraction of sp³-hybridized carbons (Fsp3) is 0.714. The summed E-state index contributed by atoms with van der Waals surface area (Å²) in [5.41, 5.74) is 0. The van der Waals surface area contributed by atoms with E-state index in [9.17, 15) is 4.79 Å². The molecule has 0 aliphatic carbocycles. The minimum absolute atomic E-state index is 0.176. The molecule has 1 amide bonds. The van der Waals surface area contributed by atoms with Crippen LogP contribution in [0.2, 0.25) is 0 Å². The van der Waals surface area contributed by atoms with Gasteiger partial charge >= 0.3 is 0 Å². The number of H-pyrrole nitrogens is 1. The van der Waals surface area contributed by atoms with Gasteiger partial charge in [-0.3, -0.25) is 9.69 Å². The number of aromatic amines is 1. The third kappa shape index (κ3) is 3.58. The standard InChI is InChI=1S/C14H24N4O2/c1-3-17-8-9-18(13(19)5-4-10-20-2)11-12(17)14-15-6-7-16-14/h6-7,12H,3-5,8-11H2,1-2H3,(H,15,16)/t12-/m0/s1. The number of imidazole rings is 1. The first-order chi connectivity index (χ1) is 9.76. The maximum atomic E-state index is 12.2.